The van der Waals surface area contributed by atoms with E-state index in [0.29, 0.717) is 6.54 Å². The van der Waals surface area contributed by atoms with Crippen molar-refractivity contribution in [2.75, 3.05) is 6.54 Å². The molecule has 3 N–H and O–H groups in total. The number of nitrogens with two attached hydrogens (primary N) is 1. The third kappa shape index (κ3) is 1.97. The van der Waals surface area contributed by atoms with Gasteiger partial charge in [-0.2, -0.15) is 0 Å². The lowest BCUT2D eigenvalue weighted by Gasteiger charge is -2.37. The van der Waals surface area contributed by atoms with E-state index in [9.17, 15) is 4.79 Å². The molecule has 0 heterocycles. The fraction of sp³-hybridized carbons (Fsp3) is 0.889. The first-order chi connectivity index (χ1) is 5.25. The van der Waals surface area contributed by atoms with Crippen molar-refractivity contribution in [2.24, 2.45) is 16.6 Å². The third-order valence-electron chi connectivity index (χ3n) is 3.00. The van der Waals surface area contributed by atoms with Crippen molar-refractivity contribution in [3.63, 3.8) is 0 Å². The van der Waals surface area contributed by atoms with E-state index in [0.717, 1.165) is 6.42 Å². The first-order valence-corrected chi connectivity index (χ1v) is 4.19. The molecular weight excluding hydrogens is 154 g/mol. The lowest BCUT2D eigenvalue weighted by atomic mass is 9.66. The molecule has 0 unspecified atom stereocenters. The van der Waals surface area contributed by atoms with Gasteiger partial charge in [-0.1, -0.05) is 13.8 Å². The van der Waals surface area contributed by atoms with Crippen LogP contribution in [0, 0.1) is 10.8 Å². The summed E-state index contributed by atoms with van der Waals surface area (Å²) >= 11 is 0. The molecule has 0 radical (unpaired) electrons. The highest BCUT2D eigenvalue weighted by Crippen LogP contribution is 2.40. The number of carboxylic acids is 1. The van der Waals surface area contributed by atoms with Crippen molar-refractivity contribution in [1.82, 2.24) is 0 Å². The minimum Gasteiger partial charge on any atom is -0.481 e. The topological polar surface area (TPSA) is 63.3 Å². The van der Waals surface area contributed by atoms with Crippen LogP contribution in [0.3, 0.4) is 0 Å². The Morgan fingerprint density at radius 2 is 1.75 bits per heavy atom. The largest absolute Gasteiger partial charge is 0.481 e. The monoisotopic (exact) mass is 173 g/mol. The maximum absolute atomic E-state index is 10.9. The van der Waals surface area contributed by atoms with E-state index in [2.05, 4.69) is 0 Å². The van der Waals surface area contributed by atoms with Crippen molar-refractivity contribution < 1.29 is 9.90 Å². The van der Waals surface area contributed by atoms with Gasteiger partial charge in [0.2, 0.25) is 0 Å². The molecule has 0 saturated carbocycles. The average Bonchev–Trinajstić information content (AvgIpc) is 1.86. The molecule has 0 aliphatic heterocycles. The van der Waals surface area contributed by atoms with E-state index in [1.165, 1.54) is 0 Å². The van der Waals surface area contributed by atoms with Crippen LogP contribution in [-0.2, 0) is 4.79 Å². The molecule has 0 bridgehead atoms. The summed E-state index contributed by atoms with van der Waals surface area (Å²) in [5, 5.41) is 8.96. The summed E-state index contributed by atoms with van der Waals surface area (Å²) in [5.74, 6) is -0.763. The smallest absolute Gasteiger partial charge is 0.309 e. The van der Waals surface area contributed by atoms with Crippen LogP contribution in [-0.4, -0.2) is 17.6 Å². The third-order valence-corrected chi connectivity index (χ3v) is 3.00. The van der Waals surface area contributed by atoms with Crippen LogP contribution in [0.2, 0.25) is 0 Å². The quantitative estimate of drug-likeness (QED) is 0.676. The molecule has 3 heteroatoms. The molecule has 0 atom stereocenters. The molecular formula is C9H19NO2. The second kappa shape index (κ2) is 3.44. The predicted molar refractivity (Wildman–Crippen MR) is 48.9 cm³/mol. The van der Waals surface area contributed by atoms with Crippen molar-refractivity contribution in [2.45, 2.75) is 34.1 Å². The first-order valence-electron chi connectivity index (χ1n) is 4.19. The van der Waals surface area contributed by atoms with Gasteiger partial charge in [0.1, 0.15) is 0 Å². The fourth-order valence-corrected chi connectivity index (χ4v) is 0.963. The van der Waals surface area contributed by atoms with Gasteiger partial charge in [-0.15, -0.1) is 0 Å². The Kier molecular flexibility index (Phi) is 3.27. The molecule has 0 aromatic heterocycles. The number of carbonyl (C=O) groups is 1. The highest BCUT2D eigenvalue weighted by Gasteiger charge is 2.42. The number of hydrogen-bond donors (Lipinski definition) is 2. The van der Waals surface area contributed by atoms with Gasteiger partial charge >= 0.3 is 5.97 Å². The van der Waals surface area contributed by atoms with E-state index in [1.54, 1.807) is 13.8 Å². The number of hydrogen-bond acceptors (Lipinski definition) is 2. The van der Waals surface area contributed by atoms with Crippen LogP contribution in [0.5, 0.6) is 0 Å². The number of aliphatic carboxylic acids is 1. The Labute approximate surface area is 74.0 Å². The summed E-state index contributed by atoms with van der Waals surface area (Å²) in [6.07, 6.45) is 0.728. The summed E-state index contributed by atoms with van der Waals surface area (Å²) in [4.78, 5) is 10.9. The zero-order chi connectivity index (χ0) is 9.99. The van der Waals surface area contributed by atoms with Gasteiger partial charge in [-0.25, -0.2) is 0 Å². The summed E-state index contributed by atoms with van der Waals surface area (Å²) in [5.41, 5.74) is 4.45. The van der Waals surface area contributed by atoms with Crippen LogP contribution in [0.15, 0.2) is 0 Å². The molecule has 0 aliphatic carbocycles. The van der Waals surface area contributed by atoms with Crippen LogP contribution < -0.4 is 5.73 Å². The summed E-state index contributed by atoms with van der Waals surface area (Å²) in [6, 6.07) is 0. The summed E-state index contributed by atoms with van der Waals surface area (Å²) in [7, 11) is 0. The molecule has 0 aromatic carbocycles. The normalized spacial score (nSPS) is 13.1. The highest BCUT2D eigenvalue weighted by molar-refractivity contribution is 5.74. The number of carboxylic acid groups (broad SMARTS) is 1. The minimum absolute atomic E-state index is 0.256. The second-order valence-electron chi connectivity index (χ2n) is 4.35. The molecule has 0 amide bonds. The Hall–Kier alpha value is -0.570. The maximum Gasteiger partial charge on any atom is 0.309 e. The van der Waals surface area contributed by atoms with Gasteiger partial charge in [-0.3, -0.25) is 4.79 Å². The Morgan fingerprint density at radius 3 is 2.00 bits per heavy atom. The van der Waals surface area contributed by atoms with Crippen molar-refractivity contribution in [3.05, 3.63) is 0 Å². The molecule has 0 spiro atoms. The molecule has 0 rings (SSSR count). The standard InChI is InChI=1S/C9H19NO2/c1-8(2,5-6-10)9(3,4)7(11)12/h5-6,10H2,1-4H3,(H,11,12). The Morgan fingerprint density at radius 1 is 1.33 bits per heavy atom. The van der Waals surface area contributed by atoms with E-state index < -0.39 is 11.4 Å². The van der Waals surface area contributed by atoms with Gasteiger partial charge in [-0.05, 0) is 32.2 Å². The Bertz CT molecular complexity index is 173. The molecule has 0 aliphatic rings. The van der Waals surface area contributed by atoms with Crippen molar-refractivity contribution in [3.8, 4) is 0 Å². The van der Waals surface area contributed by atoms with Gasteiger partial charge in [0, 0.05) is 0 Å². The van der Waals surface area contributed by atoms with Crippen LogP contribution >= 0.6 is 0 Å². The van der Waals surface area contributed by atoms with Crippen molar-refractivity contribution in [1.29, 1.82) is 0 Å². The van der Waals surface area contributed by atoms with Crippen molar-refractivity contribution >= 4 is 5.97 Å². The average molecular weight is 173 g/mol. The van der Waals surface area contributed by atoms with E-state index in [-0.39, 0.29) is 5.41 Å². The fourth-order valence-electron chi connectivity index (χ4n) is 0.963. The van der Waals surface area contributed by atoms with Gasteiger partial charge in [0.05, 0.1) is 5.41 Å². The minimum atomic E-state index is -0.763. The van der Waals surface area contributed by atoms with Crippen LogP contribution in [0.1, 0.15) is 34.1 Å². The lowest BCUT2D eigenvalue weighted by Crippen LogP contribution is -2.40. The first kappa shape index (κ1) is 11.4. The SMILES string of the molecule is CC(C)(CCN)C(C)(C)C(=O)O. The van der Waals surface area contributed by atoms with Gasteiger partial charge in [0.25, 0.3) is 0 Å². The van der Waals surface area contributed by atoms with Crippen LogP contribution in [0.4, 0.5) is 0 Å². The zero-order valence-corrected chi connectivity index (χ0v) is 8.35. The molecule has 0 aromatic rings. The lowest BCUT2D eigenvalue weighted by molar-refractivity contribution is -0.154. The summed E-state index contributed by atoms with van der Waals surface area (Å²) < 4.78 is 0. The van der Waals surface area contributed by atoms with E-state index in [4.69, 9.17) is 10.8 Å². The zero-order valence-electron chi connectivity index (χ0n) is 8.35. The Balaban J connectivity index is 4.62. The van der Waals surface area contributed by atoms with Gasteiger partial charge < -0.3 is 10.8 Å². The molecule has 12 heavy (non-hydrogen) atoms. The second-order valence-corrected chi connectivity index (χ2v) is 4.35. The maximum atomic E-state index is 10.9. The predicted octanol–water partition coefficient (Wildman–Crippen LogP) is 1.47. The van der Waals surface area contributed by atoms with Gasteiger partial charge in [0.15, 0.2) is 0 Å². The van der Waals surface area contributed by atoms with E-state index in [1.807, 2.05) is 13.8 Å². The number of rotatable bonds is 4. The summed E-state index contributed by atoms with van der Waals surface area (Å²) in [6.45, 7) is 7.89. The molecule has 3 nitrogen and oxygen atoms in total. The van der Waals surface area contributed by atoms with E-state index >= 15 is 0 Å². The molecule has 0 fully saturated rings. The molecule has 72 valence electrons. The highest BCUT2D eigenvalue weighted by atomic mass is 16.4. The van der Waals surface area contributed by atoms with Crippen LogP contribution in [0.25, 0.3) is 0 Å². The molecule has 0 saturated heterocycles.